The molecule has 0 bridgehead atoms. The maximum atomic E-state index is 12.0. The van der Waals surface area contributed by atoms with Gasteiger partial charge in [-0.15, -0.1) is 0 Å². The number of rotatable bonds is 4. The van der Waals surface area contributed by atoms with E-state index in [0.717, 1.165) is 18.4 Å². The smallest absolute Gasteiger partial charge is 0.317 e. The molecule has 1 atom stereocenters. The Bertz CT molecular complexity index is 504. The first kappa shape index (κ1) is 15.6. The number of carboxylic acid groups (broad SMARTS) is 1. The van der Waals surface area contributed by atoms with E-state index < -0.39 is 11.9 Å². The molecular formula is C15H19ClN2O3. The fourth-order valence-electron chi connectivity index (χ4n) is 2.44. The molecule has 0 spiro atoms. The summed E-state index contributed by atoms with van der Waals surface area (Å²) in [5.41, 5.74) is 1.10. The first-order chi connectivity index (χ1) is 10.1. The predicted molar refractivity (Wildman–Crippen MR) is 80.5 cm³/mol. The van der Waals surface area contributed by atoms with E-state index in [1.807, 2.05) is 24.3 Å². The van der Waals surface area contributed by atoms with Crippen molar-refractivity contribution in [2.45, 2.75) is 19.3 Å². The second-order valence-corrected chi connectivity index (χ2v) is 5.67. The third-order valence-electron chi connectivity index (χ3n) is 3.66. The van der Waals surface area contributed by atoms with Gasteiger partial charge in [-0.25, -0.2) is 4.79 Å². The molecular weight excluding hydrogens is 292 g/mol. The van der Waals surface area contributed by atoms with Gasteiger partial charge in [0.1, 0.15) is 0 Å². The normalized spacial score (nSPS) is 18.3. The van der Waals surface area contributed by atoms with Gasteiger partial charge >= 0.3 is 12.0 Å². The van der Waals surface area contributed by atoms with Crippen molar-refractivity contribution in [3.63, 3.8) is 0 Å². The SMILES string of the molecule is O=C(O)[C@H]1CCCN(C(=O)NCCc2ccc(Cl)cc2)C1. The molecule has 1 aliphatic heterocycles. The highest BCUT2D eigenvalue weighted by molar-refractivity contribution is 6.30. The predicted octanol–water partition coefficient (Wildman–Crippen LogP) is 2.39. The summed E-state index contributed by atoms with van der Waals surface area (Å²) < 4.78 is 0. The molecule has 0 unspecified atom stereocenters. The van der Waals surface area contributed by atoms with Gasteiger partial charge in [-0.2, -0.15) is 0 Å². The summed E-state index contributed by atoms with van der Waals surface area (Å²) in [6, 6.07) is 7.31. The van der Waals surface area contributed by atoms with E-state index >= 15 is 0 Å². The van der Waals surface area contributed by atoms with Gasteiger partial charge in [0.25, 0.3) is 0 Å². The summed E-state index contributed by atoms with van der Waals surface area (Å²) in [7, 11) is 0. The largest absolute Gasteiger partial charge is 0.481 e. The van der Waals surface area contributed by atoms with Crippen LogP contribution in [0.2, 0.25) is 5.02 Å². The zero-order valence-electron chi connectivity index (χ0n) is 11.7. The number of aliphatic carboxylic acids is 1. The number of urea groups is 1. The van der Waals surface area contributed by atoms with Gasteiger partial charge in [-0.3, -0.25) is 4.79 Å². The van der Waals surface area contributed by atoms with E-state index in [9.17, 15) is 9.59 Å². The summed E-state index contributed by atoms with van der Waals surface area (Å²) in [5.74, 6) is -1.27. The summed E-state index contributed by atoms with van der Waals surface area (Å²) in [5, 5.41) is 12.5. The third-order valence-corrected chi connectivity index (χ3v) is 3.91. The fraction of sp³-hybridized carbons (Fsp3) is 0.467. The van der Waals surface area contributed by atoms with Crippen LogP contribution in [0.1, 0.15) is 18.4 Å². The van der Waals surface area contributed by atoms with Crippen molar-refractivity contribution in [1.29, 1.82) is 0 Å². The lowest BCUT2D eigenvalue weighted by Gasteiger charge is -2.30. The number of carboxylic acids is 1. The van der Waals surface area contributed by atoms with E-state index in [1.54, 1.807) is 4.90 Å². The van der Waals surface area contributed by atoms with Crippen molar-refractivity contribution in [3.05, 3.63) is 34.9 Å². The molecule has 1 aromatic rings. The van der Waals surface area contributed by atoms with Crippen LogP contribution in [0.4, 0.5) is 4.79 Å². The maximum Gasteiger partial charge on any atom is 0.317 e. The molecule has 5 nitrogen and oxygen atoms in total. The molecule has 6 heteroatoms. The van der Waals surface area contributed by atoms with Gasteiger partial charge in [0.15, 0.2) is 0 Å². The van der Waals surface area contributed by atoms with E-state index in [1.165, 1.54) is 0 Å². The van der Waals surface area contributed by atoms with E-state index in [-0.39, 0.29) is 6.03 Å². The second-order valence-electron chi connectivity index (χ2n) is 5.23. The monoisotopic (exact) mass is 310 g/mol. The number of amides is 2. The number of halogens is 1. The molecule has 0 saturated carbocycles. The quantitative estimate of drug-likeness (QED) is 0.897. The zero-order chi connectivity index (χ0) is 15.2. The molecule has 0 aliphatic carbocycles. The van der Waals surface area contributed by atoms with Crippen molar-refractivity contribution >= 4 is 23.6 Å². The second kappa shape index (κ2) is 7.31. The number of carbonyl (C=O) groups is 2. The molecule has 1 aromatic carbocycles. The third kappa shape index (κ3) is 4.63. The van der Waals surface area contributed by atoms with E-state index in [0.29, 0.717) is 31.1 Å². The first-order valence-electron chi connectivity index (χ1n) is 7.06. The topological polar surface area (TPSA) is 69.6 Å². The summed E-state index contributed by atoms with van der Waals surface area (Å²) in [6.07, 6.45) is 2.10. The van der Waals surface area contributed by atoms with Gasteiger partial charge < -0.3 is 15.3 Å². The Morgan fingerprint density at radius 1 is 1.33 bits per heavy atom. The van der Waals surface area contributed by atoms with Crippen LogP contribution in [0.3, 0.4) is 0 Å². The minimum atomic E-state index is -0.825. The molecule has 114 valence electrons. The molecule has 0 aromatic heterocycles. The number of hydrogen-bond donors (Lipinski definition) is 2. The minimum Gasteiger partial charge on any atom is -0.481 e. The molecule has 1 aliphatic rings. The standard InChI is InChI=1S/C15H19ClN2O3/c16-13-5-3-11(4-6-13)7-8-17-15(21)18-9-1-2-12(10-18)14(19)20/h3-6,12H,1-2,7-10H2,(H,17,21)(H,19,20)/t12-/m0/s1. The number of benzene rings is 1. The van der Waals surface area contributed by atoms with Crippen LogP contribution in [0, 0.1) is 5.92 Å². The molecule has 2 N–H and O–H groups in total. The number of nitrogens with zero attached hydrogens (tertiary/aromatic N) is 1. The lowest BCUT2D eigenvalue weighted by molar-refractivity contribution is -0.143. The zero-order valence-corrected chi connectivity index (χ0v) is 12.5. The van der Waals surface area contributed by atoms with Crippen LogP contribution in [-0.4, -0.2) is 41.6 Å². The Labute approximate surface area is 128 Å². The van der Waals surface area contributed by atoms with E-state index in [2.05, 4.69) is 5.32 Å². The summed E-state index contributed by atoms with van der Waals surface area (Å²) >= 11 is 5.81. The van der Waals surface area contributed by atoms with Crippen LogP contribution in [0.25, 0.3) is 0 Å². The van der Waals surface area contributed by atoms with Crippen molar-refractivity contribution < 1.29 is 14.7 Å². The number of nitrogens with one attached hydrogen (secondary N) is 1. The highest BCUT2D eigenvalue weighted by Gasteiger charge is 2.27. The highest BCUT2D eigenvalue weighted by Crippen LogP contribution is 2.16. The summed E-state index contributed by atoms with van der Waals surface area (Å²) in [6.45, 7) is 1.44. The average molecular weight is 311 g/mol. The molecule has 0 radical (unpaired) electrons. The van der Waals surface area contributed by atoms with Crippen molar-refractivity contribution in [2.24, 2.45) is 5.92 Å². The van der Waals surface area contributed by atoms with Gasteiger partial charge in [-0.05, 0) is 37.0 Å². The van der Waals surface area contributed by atoms with Gasteiger partial charge in [0, 0.05) is 24.7 Å². The lowest BCUT2D eigenvalue weighted by atomic mass is 9.99. The maximum absolute atomic E-state index is 12.0. The molecule has 2 rings (SSSR count). The van der Waals surface area contributed by atoms with Crippen LogP contribution in [0.15, 0.2) is 24.3 Å². The number of likely N-dealkylation sites (tertiary alicyclic amines) is 1. The van der Waals surface area contributed by atoms with Gasteiger partial charge in [-0.1, -0.05) is 23.7 Å². The first-order valence-corrected chi connectivity index (χ1v) is 7.44. The van der Waals surface area contributed by atoms with Crippen molar-refractivity contribution in [2.75, 3.05) is 19.6 Å². The molecule has 1 fully saturated rings. The number of hydrogen-bond acceptors (Lipinski definition) is 2. The van der Waals surface area contributed by atoms with Crippen LogP contribution in [-0.2, 0) is 11.2 Å². The van der Waals surface area contributed by atoms with Gasteiger partial charge in [0.05, 0.1) is 5.92 Å². The van der Waals surface area contributed by atoms with Crippen LogP contribution < -0.4 is 5.32 Å². The highest BCUT2D eigenvalue weighted by atomic mass is 35.5. The Hall–Kier alpha value is -1.75. The van der Waals surface area contributed by atoms with Crippen LogP contribution >= 0.6 is 11.6 Å². The molecule has 1 saturated heterocycles. The fourth-order valence-corrected chi connectivity index (χ4v) is 2.57. The lowest BCUT2D eigenvalue weighted by Crippen LogP contribution is -2.47. The molecule has 2 amide bonds. The number of piperidine rings is 1. The molecule has 21 heavy (non-hydrogen) atoms. The Kier molecular flexibility index (Phi) is 5.44. The van der Waals surface area contributed by atoms with Crippen LogP contribution in [0.5, 0.6) is 0 Å². The van der Waals surface area contributed by atoms with Crippen molar-refractivity contribution in [3.8, 4) is 0 Å². The molecule has 1 heterocycles. The summed E-state index contributed by atoms with van der Waals surface area (Å²) in [4.78, 5) is 24.6. The Morgan fingerprint density at radius 2 is 2.05 bits per heavy atom. The Morgan fingerprint density at radius 3 is 2.71 bits per heavy atom. The van der Waals surface area contributed by atoms with Crippen molar-refractivity contribution in [1.82, 2.24) is 10.2 Å². The number of carbonyl (C=O) groups excluding carboxylic acids is 1. The van der Waals surface area contributed by atoms with Gasteiger partial charge in [0.2, 0.25) is 0 Å². The minimum absolute atomic E-state index is 0.185. The average Bonchev–Trinajstić information content (AvgIpc) is 2.49. The van der Waals surface area contributed by atoms with E-state index in [4.69, 9.17) is 16.7 Å². The Balaban J connectivity index is 1.76.